The van der Waals surface area contributed by atoms with Gasteiger partial charge in [0.05, 0.1) is 22.5 Å². The second-order valence-electron chi connectivity index (χ2n) is 13.9. The van der Waals surface area contributed by atoms with Crippen molar-refractivity contribution in [3.63, 3.8) is 0 Å². The minimum atomic E-state index is -0.969. The van der Waals surface area contributed by atoms with E-state index in [2.05, 4.69) is 50.8 Å². The number of likely N-dealkylation sites (N-methyl/N-ethyl adjacent to an activating group) is 1. The molecule has 13 heteroatoms. The number of allylic oxidation sites excluding steroid dienone is 1. The molecule has 2 unspecified atom stereocenters. The van der Waals surface area contributed by atoms with Gasteiger partial charge in [0.2, 0.25) is 11.8 Å². The van der Waals surface area contributed by atoms with Crippen LogP contribution in [0.2, 0.25) is 0 Å². The molecule has 0 bridgehead atoms. The van der Waals surface area contributed by atoms with Gasteiger partial charge in [-0.1, -0.05) is 0 Å². The zero-order chi connectivity index (χ0) is 35.4. The Kier molecular flexibility index (Phi) is 10.6. The van der Waals surface area contributed by atoms with Crippen LogP contribution in [0.3, 0.4) is 0 Å². The monoisotopic (exact) mass is 681 g/mol. The van der Waals surface area contributed by atoms with Crippen LogP contribution in [0.25, 0.3) is 0 Å². The number of imide groups is 2. The lowest BCUT2D eigenvalue weighted by atomic mass is 9.77. The number of rotatable bonds is 13. The van der Waals surface area contributed by atoms with Crippen LogP contribution in [-0.2, 0) is 9.59 Å². The highest BCUT2D eigenvalue weighted by Gasteiger charge is 2.44. The van der Waals surface area contributed by atoms with Crippen LogP contribution in [0.1, 0.15) is 72.6 Å². The molecule has 0 aromatic heterocycles. The van der Waals surface area contributed by atoms with E-state index in [1.165, 1.54) is 6.21 Å². The number of nitrogen functional groups attached to an aromatic ring is 1. The number of aliphatic imine (C=N–C) groups is 1. The van der Waals surface area contributed by atoms with E-state index in [4.69, 9.17) is 11.1 Å². The van der Waals surface area contributed by atoms with E-state index in [0.29, 0.717) is 30.1 Å². The molecule has 4 aliphatic rings. The Hall–Kier alpha value is -5.04. The van der Waals surface area contributed by atoms with Gasteiger partial charge in [-0.15, -0.1) is 0 Å². The Morgan fingerprint density at radius 3 is 2.62 bits per heavy atom. The molecule has 0 spiro atoms. The minimum absolute atomic E-state index is 0.0922. The predicted octanol–water partition coefficient (Wildman–Crippen LogP) is 3.70. The number of amides is 4. The number of carbonyl (C=O) groups is 4. The summed E-state index contributed by atoms with van der Waals surface area (Å²) in [6.45, 7) is 5.94. The number of nitrogens with zero attached hydrogens (tertiary/aromatic N) is 4. The lowest BCUT2D eigenvalue weighted by Gasteiger charge is -2.39. The van der Waals surface area contributed by atoms with Crippen molar-refractivity contribution in [3.05, 3.63) is 59.3 Å². The van der Waals surface area contributed by atoms with Crippen molar-refractivity contribution < 1.29 is 19.2 Å². The maximum atomic E-state index is 13.1. The third-order valence-corrected chi connectivity index (χ3v) is 10.4. The summed E-state index contributed by atoms with van der Waals surface area (Å²) in [6, 6.07) is 11.0. The van der Waals surface area contributed by atoms with E-state index < -0.39 is 29.7 Å². The topological polar surface area (TPSA) is 176 Å². The second kappa shape index (κ2) is 15.2. The van der Waals surface area contributed by atoms with Crippen molar-refractivity contribution in [1.29, 1.82) is 5.41 Å². The first-order valence-corrected chi connectivity index (χ1v) is 17.5. The fraction of sp³-hybridized carbons (Fsp3) is 0.459. The molecule has 50 heavy (non-hydrogen) atoms. The average molecular weight is 682 g/mol. The molecule has 3 heterocycles. The molecule has 1 saturated carbocycles. The number of piperazine rings is 1. The third kappa shape index (κ3) is 7.72. The number of hydrogen-bond donors (Lipinski definition) is 5. The van der Waals surface area contributed by atoms with Crippen LogP contribution < -0.4 is 26.6 Å². The normalized spacial score (nSPS) is 24.3. The number of nitrogens with one attached hydrogen (secondary N) is 4. The average Bonchev–Trinajstić information content (AvgIpc) is 3.32. The molecular weight excluding hydrogens is 634 g/mol. The fourth-order valence-corrected chi connectivity index (χ4v) is 7.08. The van der Waals surface area contributed by atoms with E-state index in [-0.39, 0.29) is 24.0 Å². The van der Waals surface area contributed by atoms with Gasteiger partial charge in [0.1, 0.15) is 6.04 Å². The maximum absolute atomic E-state index is 13.1. The van der Waals surface area contributed by atoms with E-state index in [1.807, 2.05) is 24.5 Å². The number of carbonyl (C=O) groups excluding carboxylic acids is 4. The number of anilines is 3. The van der Waals surface area contributed by atoms with Crippen molar-refractivity contribution in [3.8, 4) is 0 Å². The molecule has 3 aliphatic heterocycles. The molecule has 0 radical (unpaired) electrons. The first-order chi connectivity index (χ1) is 24.1. The van der Waals surface area contributed by atoms with Crippen LogP contribution in [0.5, 0.6) is 0 Å². The van der Waals surface area contributed by atoms with Gasteiger partial charge in [-0.2, -0.15) is 0 Å². The number of fused-ring (bicyclic) bond motifs is 1. The molecule has 2 aromatic rings. The van der Waals surface area contributed by atoms with Gasteiger partial charge < -0.3 is 31.6 Å². The fourth-order valence-electron chi connectivity index (χ4n) is 7.08. The van der Waals surface area contributed by atoms with Crippen LogP contribution in [0.4, 0.5) is 22.7 Å². The summed E-state index contributed by atoms with van der Waals surface area (Å²) >= 11 is 0. The molecule has 2 aromatic carbocycles. The van der Waals surface area contributed by atoms with Crippen LogP contribution in [0, 0.1) is 11.3 Å². The number of benzene rings is 2. The largest absolute Gasteiger partial charge is 0.397 e. The van der Waals surface area contributed by atoms with E-state index in [0.717, 1.165) is 79.4 Å². The molecular formula is C37H47N9O4. The highest BCUT2D eigenvalue weighted by atomic mass is 16.2. The Morgan fingerprint density at radius 2 is 1.88 bits per heavy atom. The first-order valence-electron chi connectivity index (χ1n) is 17.5. The van der Waals surface area contributed by atoms with Crippen molar-refractivity contribution in [2.24, 2.45) is 10.9 Å². The van der Waals surface area contributed by atoms with E-state index >= 15 is 0 Å². The minimum Gasteiger partial charge on any atom is -0.397 e. The number of hydrogen-bond acceptors (Lipinski definition) is 11. The number of piperidine rings is 1. The van der Waals surface area contributed by atoms with E-state index in [9.17, 15) is 19.2 Å². The van der Waals surface area contributed by atoms with Crippen LogP contribution >= 0.6 is 0 Å². The zero-order valence-corrected chi connectivity index (χ0v) is 28.8. The van der Waals surface area contributed by atoms with Gasteiger partial charge in [0.25, 0.3) is 11.8 Å². The SMILES string of the molecule is CC1CN(c2ccc(/N=C\C/C(C=N)=C/N[C@H]3C[C@H](CCCNc4ccc5c(c4)C(=O)N(C4CCC(=O)NC4=O)C5=O)C3)c(N)c2)CCN1C. The Morgan fingerprint density at radius 1 is 1.08 bits per heavy atom. The maximum Gasteiger partial charge on any atom is 0.262 e. The van der Waals surface area contributed by atoms with Crippen LogP contribution in [-0.4, -0.2) is 97.2 Å². The van der Waals surface area contributed by atoms with Crippen molar-refractivity contribution in [2.45, 2.75) is 70.0 Å². The molecule has 6 rings (SSSR count). The van der Waals surface area contributed by atoms with Crippen molar-refractivity contribution in [1.82, 2.24) is 20.4 Å². The predicted molar refractivity (Wildman–Crippen MR) is 195 cm³/mol. The van der Waals surface area contributed by atoms with E-state index in [1.54, 1.807) is 18.2 Å². The quantitative estimate of drug-likeness (QED) is 0.0914. The second-order valence-corrected chi connectivity index (χ2v) is 13.9. The lowest BCUT2D eigenvalue weighted by Crippen LogP contribution is -2.54. The summed E-state index contributed by atoms with van der Waals surface area (Å²) in [6.07, 6.45) is 10.0. The smallest absolute Gasteiger partial charge is 0.262 e. The molecule has 2 saturated heterocycles. The van der Waals surface area contributed by atoms with Gasteiger partial charge in [0.15, 0.2) is 0 Å². The van der Waals surface area contributed by atoms with Crippen molar-refractivity contribution >= 4 is 58.8 Å². The summed E-state index contributed by atoms with van der Waals surface area (Å²) in [5.74, 6) is -1.40. The molecule has 2 atom stereocenters. The first kappa shape index (κ1) is 34.8. The van der Waals surface area contributed by atoms with Gasteiger partial charge in [-0.3, -0.25) is 34.4 Å². The Bertz CT molecular complexity index is 1720. The van der Waals surface area contributed by atoms with Gasteiger partial charge >= 0.3 is 0 Å². The summed E-state index contributed by atoms with van der Waals surface area (Å²) < 4.78 is 0. The summed E-state index contributed by atoms with van der Waals surface area (Å²) in [7, 11) is 2.16. The Balaban J connectivity index is 0.894. The summed E-state index contributed by atoms with van der Waals surface area (Å²) in [4.78, 5) is 60.1. The van der Waals surface area contributed by atoms with Gasteiger partial charge in [0, 0.05) is 81.1 Å². The summed E-state index contributed by atoms with van der Waals surface area (Å²) in [5, 5.41) is 16.9. The van der Waals surface area contributed by atoms with Gasteiger partial charge in [-0.05, 0) is 94.0 Å². The molecule has 3 fully saturated rings. The molecule has 13 nitrogen and oxygen atoms in total. The highest BCUT2D eigenvalue weighted by Crippen LogP contribution is 2.33. The Labute approximate surface area is 292 Å². The number of nitrogens with two attached hydrogens (primary N) is 1. The highest BCUT2D eigenvalue weighted by molar-refractivity contribution is 6.23. The van der Waals surface area contributed by atoms with Crippen LogP contribution in [0.15, 0.2) is 53.2 Å². The zero-order valence-electron chi connectivity index (χ0n) is 28.8. The molecule has 4 amide bonds. The third-order valence-electron chi connectivity index (χ3n) is 10.4. The van der Waals surface area contributed by atoms with Gasteiger partial charge in [-0.25, -0.2) is 0 Å². The molecule has 264 valence electrons. The standard InChI is InChI=1S/C37H47N9O4/c1-23-22-45(15-14-44(23)2)28-6-8-32(31(39)19-28)41-13-11-25(20-38)21-42-27-16-24(17-27)4-3-12-40-26-5-7-29-30(18-26)37(50)46(36(29)49)33-9-10-34(47)43-35(33)48/h5-8,13,18-21,23-24,27,33,38,40,42H,3-4,9-12,14-17,22,39H2,1-2H3,(H,43,47,48)/b25-21-,38-20?,41-13-/t23?,24-,27-,33?. The molecule has 6 N–H and O–H groups in total. The molecule has 1 aliphatic carbocycles. The van der Waals surface area contributed by atoms with Crippen molar-refractivity contribution in [2.75, 3.05) is 49.2 Å². The lowest BCUT2D eigenvalue weighted by molar-refractivity contribution is -0.136. The summed E-state index contributed by atoms with van der Waals surface area (Å²) in [5.41, 5.74) is 11.0.